The first-order valence-electron chi connectivity index (χ1n) is 13.6. The van der Waals surface area contributed by atoms with E-state index >= 15 is 0 Å². The van der Waals surface area contributed by atoms with Crippen molar-refractivity contribution in [2.45, 2.75) is 51.1 Å². The van der Waals surface area contributed by atoms with E-state index in [0.717, 1.165) is 21.9 Å². The van der Waals surface area contributed by atoms with Gasteiger partial charge in [0, 0.05) is 13.1 Å². The highest BCUT2D eigenvalue weighted by Gasteiger charge is 2.33. The Labute approximate surface area is 243 Å². The monoisotopic (exact) mass is 581 g/mol. The van der Waals surface area contributed by atoms with Crippen LogP contribution in [-0.4, -0.2) is 58.5 Å². The summed E-state index contributed by atoms with van der Waals surface area (Å²) in [7, 11) is -1.05. The van der Waals surface area contributed by atoms with Crippen molar-refractivity contribution in [1.82, 2.24) is 10.2 Å². The third-order valence-electron chi connectivity index (χ3n) is 6.70. The van der Waals surface area contributed by atoms with Gasteiger partial charge in [0.1, 0.15) is 24.1 Å². The van der Waals surface area contributed by atoms with Gasteiger partial charge in [-0.25, -0.2) is 8.42 Å². The summed E-state index contributed by atoms with van der Waals surface area (Å²) in [6.07, 6.45) is 1.10. The minimum atomic E-state index is -4.14. The van der Waals surface area contributed by atoms with E-state index in [2.05, 4.69) is 5.32 Å². The number of ether oxygens (including phenoxy) is 2. The van der Waals surface area contributed by atoms with E-state index < -0.39 is 28.5 Å². The van der Waals surface area contributed by atoms with E-state index in [4.69, 9.17) is 9.47 Å². The zero-order valence-electron chi connectivity index (χ0n) is 24.3. The summed E-state index contributed by atoms with van der Waals surface area (Å²) in [6, 6.07) is 19.3. The number of anilines is 1. The summed E-state index contributed by atoms with van der Waals surface area (Å²) in [5.74, 6) is 0.418. The first kappa shape index (κ1) is 31.5. The average molecular weight is 582 g/mol. The summed E-state index contributed by atoms with van der Waals surface area (Å²) in [5.41, 5.74) is 1.98. The predicted octanol–water partition coefficient (Wildman–Crippen LogP) is 4.54. The molecule has 0 aliphatic heterocycles. The number of methoxy groups -OCH3 is 2. The Morgan fingerprint density at radius 1 is 0.854 bits per heavy atom. The standard InChI is InChI=1S/C31H39N3O6S/c1-6-20-32-31(36)29(7-2)33(21-24-10-14-26(39-4)15-11-24)30(35)22-34(25-12-16-27(40-5)17-13-25)41(37,38)28-18-8-23(3)9-19-28/h8-19,29H,6-7,20-22H2,1-5H3,(H,32,36)/t29-/m1/s1. The molecule has 0 saturated heterocycles. The number of hydrogen-bond acceptors (Lipinski definition) is 6. The molecule has 10 heteroatoms. The van der Waals surface area contributed by atoms with Crippen LogP contribution in [0.25, 0.3) is 0 Å². The van der Waals surface area contributed by atoms with Gasteiger partial charge in [-0.2, -0.15) is 0 Å². The Morgan fingerprint density at radius 3 is 1.93 bits per heavy atom. The van der Waals surface area contributed by atoms with E-state index in [0.29, 0.717) is 30.2 Å². The molecule has 3 rings (SSSR count). The van der Waals surface area contributed by atoms with Crippen LogP contribution in [0, 0.1) is 6.92 Å². The van der Waals surface area contributed by atoms with Gasteiger partial charge in [0.15, 0.2) is 0 Å². The third kappa shape index (κ3) is 8.00. The lowest BCUT2D eigenvalue weighted by atomic mass is 10.1. The van der Waals surface area contributed by atoms with Crippen molar-refractivity contribution in [1.29, 1.82) is 0 Å². The molecule has 0 radical (unpaired) electrons. The molecule has 3 aromatic rings. The van der Waals surface area contributed by atoms with Crippen molar-refractivity contribution in [2.24, 2.45) is 0 Å². The van der Waals surface area contributed by atoms with Gasteiger partial charge in [-0.3, -0.25) is 13.9 Å². The highest BCUT2D eigenvalue weighted by molar-refractivity contribution is 7.92. The van der Waals surface area contributed by atoms with Crippen molar-refractivity contribution in [3.63, 3.8) is 0 Å². The molecule has 0 aromatic heterocycles. The zero-order valence-corrected chi connectivity index (χ0v) is 25.1. The molecule has 3 aromatic carbocycles. The fraction of sp³-hybridized carbons (Fsp3) is 0.355. The van der Waals surface area contributed by atoms with Gasteiger partial charge in [-0.1, -0.05) is 43.7 Å². The maximum Gasteiger partial charge on any atom is 0.264 e. The van der Waals surface area contributed by atoms with Crippen LogP contribution < -0.4 is 19.1 Å². The SMILES string of the molecule is CCCNC(=O)[C@@H](CC)N(Cc1ccc(OC)cc1)C(=O)CN(c1ccc(OC)cc1)S(=O)(=O)c1ccc(C)cc1. The topological polar surface area (TPSA) is 105 Å². The lowest BCUT2D eigenvalue weighted by Crippen LogP contribution is -2.52. The number of amides is 2. The number of carbonyl (C=O) groups excluding carboxylic acids is 2. The van der Waals surface area contributed by atoms with E-state index in [1.54, 1.807) is 55.6 Å². The van der Waals surface area contributed by atoms with Gasteiger partial charge in [0.25, 0.3) is 10.0 Å². The molecule has 0 unspecified atom stereocenters. The van der Waals surface area contributed by atoms with E-state index in [-0.39, 0.29) is 17.3 Å². The maximum atomic E-state index is 14.1. The van der Waals surface area contributed by atoms with Gasteiger partial charge >= 0.3 is 0 Å². The Balaban J connectivity index is 2.04. The molecule has 1 atom stereocenters. The third-order valence-corrected chi connectivity index (χ3v) is 8.48. The second-order valence-electron chi connectivity index (χ2n) is 9.61. The molecule has 9 nitrogen and oxygen atoms in total. The normalized spacial score (nSPS) is 11.8. The molecule has 0 aliphatic rings. The Bertz CT molecular complexity index is 1390. The predicted molar refractivity (Wildman–Crippen MR) is 160 cm³/mol. The van der Waals surface area contributed by atoms with Crippen molar-refractivity contribution in [2.75, 3.05) is 31.6 Å². The van der Waals surface area contributed by atoms with Gasteiger partial charge < -0.3 is 19.7 Å². The molecule has 0 heterocycles. The van der Waals surface area contributed by atoms with E-state index in [1.165, 1.54) is 24.1 Å². The molecule has 220 valence electrons. The Morgan fingerprint density at radius 2 is 1.41 bits per heavy atom. The van der Waals surface area contributed by atoms with Crippen LogP contribution >= 0.6 is 0 Å². The lowest BCUT2D eigenvalue weighted by molar-refractivity contribution is -0.140. The molecular formula is C31H39N3O6S. The molecule has 1 N–H and O–H groups in total. The number of carbonyl (C=O) groups is 2. The van der Waals surface area contributed by atoms with Crippen molar-refractivity contribution in [3.8, 4) is 11.5 Å². The molecule has 0 bridgehead atoms. The van der Waals surface area contributed by atoms with Gasteiger partial charge in [-0.05, 0) is 73.9 Å². The first-order chi connectivity index (χ1) is 19.6. The van der Waals surface area contributed by atoms with Gasteiger partial charge in [0.2, 0.25) is 11.8 Å². The van der Waals surface area contributed by atoms with Crippen molar-refractivity contribution >= 4 is 27.5 Å². The lowest BCUT2D eigenvalue weighted by Gasteiger charge is -2.33. The molecule has 41 heavy (non-hydrogen) atoms. The van der Waals surface area contributed by atoms with Crippen molar-refractivity contribution < 1.29 is 27.5 Å². The van der Waals surface area contributed by atoms with Crippen LogP contribution in [-0.2, 0) is 26.2 Å². The molecular weight excluding hydrogens is 542 g/mol. The maximum absolute atomic E-state index is 14.1. The average Bonchev–Trinajstić information content (AvgIpc) is 2.99. The van der Waals surface area contributed by atoms with Crippen LogP contribution in [0.3, 0.4) is 0 Å². The van der Waals surface area contributed by atoms with E-state index in [1.807, 2.05) is 32.9 Å². The number of nitrogens with one attached hydrogen (secondary N) is 1. The highest BCUT2D eigenvalue weighted by Crippen LogP contribution is 2.27. The van der Waals surface area contributed by atoms with Gasteiger partial charge in [0.05, 0.1) is 24.8 Å². The number of sulfonamides is 1. The van der Waals surface area contributed by atoms with E-state index in [9.17, 15) is 18.0 Å². The zero-order chi connectivity index (χ0) is 30.0. The van der Waals surface area contributed by atoms with Crippen LogP contribution in [0.4, 0.5) is 5.69 Å². The first-order valence-corrected chi connectivity index (χ1v) is 15.0. The number of rotatable bonds is 14. The minimum Gasteiger partial charge on any atom is -0.497 e. The van der Waals surface area contributed by atoms with Gasteiger partial charge in [-0.15, -0.1) is 0 Å². The molecule has 0 fully saturated rings. The largest absolute Gasteiger partial charge is 0.497 e. The summed E-state index contributed by atoms with van der Waals surface area (Å²) in [6.45, 7) is 5.73. The number of benzene rings is 3. The van der Waals surface area contributed by atoms with Crippen LogP contribution in [0.15, 0.2) is 77.7 Å². The van der Waals surface area contributed by atoms with Crippen LogP contribution in [0.1, 0.15) is 37.8 Å². The Hall–Kier alpha value is -4.05. The molecule has 0 spiro atoms. The summed E-state index contributed by atoms with van der Waals surface area (Å²) < 4.78 is 39.4. The number of hydrogen-bond donors (Lipinski definition) is 1. The quantitative estimate of drug-likeness (QED) is 0.300. The smallest absolute Gasteiger partial charge is 0.264 e. The second kappa shape index (κ2) is 14.5. The minimum absolute atomic E-state index is 0.0566. The Kier molecular flexibility index (Phi) is 11.2. The molecule has 0 saturated carbocycles. The summed E-state index contributed by atoms with van der Waals surface area (Å²) in [4.78, 5) is 28.8. The number of aryl methyl sites for hydroxylation is 1. The highest BCUT2D eigenvalue weighted by atomic mass is 32.2. The number of nitrogens with zero attached hydrogens (tertiary/aromatic N) is 2. The van der Waals surface area contributed by atoms with Crippen molar-refractivity contribution in [3.05, 3.63) is 83.9 Å². The fourth-order valence-corrected chi connectivity index (χ4v) is 5.74. The summed E-state index contributed by atoms with van der Waals surface area (Å²) in [5, 5.41) is 2.88. The fourth-order valence-electron chi connectivity index (χ4n) is 4.33. The van der Waals surface area contributed by atoms with Crippen LogP contribution in [0.2, 0.25) is 0 Å². The summed E-state index contributed by atoms with van der Waals surface area (Å²) >= 11 is 0. The van der Waals surface area contributed by atoms with Crippen LogP contribution in [0.5, 0.6) is 11.5 Å². The molecule has 0 aliphatic carbocycles. The molecule has 2 amide bonds. The second-order valence-corrected chi connectivity index (χ2v) is 11.5.